The van der Waals surface area contributed by atoms with Gasteiger partial charge in [-0.05, 0) is 5.56 Å². The van der Waals surface area contributed by atoms with Crippen LogP contribution in [0.2, 0.25) is 0 Å². The fourth-order valence-electron chi connectivity index (χ4n) is 1.17. The molecule has 0 N–H and O–H groups in total. The number of rotatable bonds is 6. The van der Waals surface area contributed by atoms with Gasteiger partial charge in [-0.1, -0.05) is 90.3 Å². The predicted octanol–water partition coefficient (Wildman–Crippen LogP) is 4.60. The Bertz CT molecular complexity index is 320. The molecule has 1 nitrogen and oxygen atoms in total. The van der Waals surface area contributed by atoms with Gasteiger partial charge in [-0.15, -0.1) is 0 Å². The Morgan fingerprint density at radius 1 is 1.06 bits per heavy atom. The van der Waals surface area contributed by atoms with Gasteiger partial charge < -0.3 is 4.74 Å². The van der Waals surface area contributed by atoms with Crippen molar-refractivity contribution in [3.63, 3.8) is 0 Å². The molecule has 0 unspecified atom stereocenters. The molecule has 16 heavy (non-hydrogen) atoms. The molecule has 0 amide bonds. The lowest BCUT2D eigenvalue weighted by Crippen LogP contribution is -2.33. The molecular weight excluding hydrogens is 400 g/mol. The van der Waals surface area contributed by atoms with Gasteiger partial charge in [-0.25, -0.2) is 0 Å². The van der Waals surface area contributed by atoms with Crippen molar-refractivity contribution >= 4 is 53.9 Å². The van der Waals surface area contributed by atoms with Crippen molar-refractivity contribution in [2.24, 2.45) is 0 Å². The van der Waals surface area contributed by atoms with Gasteiger partial charge in [0.05, 0.1) is 0 Å². The Balaban J connectivity index is 2.79. The molecule has 0 aliphatic heterocycles. The van der Waals surface area contributed by atoms with Gasteiger partial charge in [0.1, 0.15) is 11.1 Å². The molecule has 0 aliphatic carbocycles. The first kappa shape index (κ1) is 14.4. The van der Waals surface area contributed by atoms with E-state index >= 15 is 0 Å². The van der Waals surface area contributed by atoms with E-state index < -0.39 is 0 Å². The van der Waals surface area contributed by atoms with Crippen LogP contribution in [0, 0.1) is 0 Å². The van der Waals surface area contributed by atoms with E-state index in [-0.39, 0.29) is 5.60 Å². The maximum Gasteiger partial charge on any atom is 0.107 e. The predicted molar refractivity (Wildman–Crippen MR) is 80.7 cm³/mol. The molecule has 0 atom stereocenters. The highest BCUT2D eigenvalue weighted by Crippen LogP contribution is 2.22. The molecule has 0 bridgehead atoms. The summed E-state index contributed by atoms with van der Waals surface area (Å²) in [6.45, 7) is 0. The van der Waals surface area contributed by atoms with Crippen molar-refractivity contribution in [1.29, 1.82) is 0 Å². The highest BCUT2D eigenvalue weighted by atomic mass is 79.9. The summed E-state index contributed by atoms with van der Waals surface area (Å²) in [6.07, 6.45) is 4.15. The van der Waals surface area contributed by atoms with Crippen molar-refractivity contribution in [2.45, 2.75) is 5.60 Å². The van der Waals surface area contributed by atoms with Crippen LogP contribution in [0.25, 0.3) is 6.08 Å². The van der Waals surface area contributed by atoms with Crippen LogP contribution in [0.15, 0.2) is 36.4 Å². The van der Waals surface area contributed by atoms with Crippen LogP contribution in [0.5, 0.6) is 0 Å². The molecule has 1 aromatic rings. The SMILES string of the molecule is BrCOC(C=Cc1ccccc1)(CBr)CBr. The zero-order chi connectivity index (χ0) is 11.9. The molecule has 0 saturated heterocycles. The first-order chi connectivity index (χ1) is 7.76. The Labute approximate surface area is 122 Å². The van der Waals surface area contributed by atoms with E-state index in [1.807, 2.05) is 18.2 Å². The molecule has 0 aliphatic rings. The van der Waals surface area contributed by atoms with Crippen LogP contribution in [-0.4, -0.2) is 21.8 Å². The molecule has 0 radical (unpaired) electrons. The largest absolute Gasteiger partial charge is 0.358 e. The molecule has 4 heteroatoms. The van der Waals surface area contributed by atoms with Crippen molar-refractivity contribution in [2.75, 3.05) is 16.2 Å². The maximum atomic E-state index is 5.69. The van der Waals surface area contributed by atoms with Gasteiger partial charge in [0, 0.05) is 10.7 Å². The third kappa shape index (κ3) is 4.32. The molecule has 1 rings (SSSR count). The minimum Gasteiger partial charge on any atom is -0.358 e. The second-order valence-corrected chi connectivity index (χ2v) is 4.91. The van der Waals surface area contributed by atoms with Gasteiger partial charge in [0.25, 0.3) is 0 Å². The van der Waals surface area contributed by atoms with Crippen LogP contribution in [0.1, 0.15) is 5.56 Å². The molecule has 0 aromatic heterocycles. The lowest BCUT2D eigenvalue weighted by atomic mass is 10.1. The van der Waals surface area contributed by atoms with E-state index in [1.165, 1.54) is 5.56 Å². The number of halogens is 3. The second-order valence-electron chi connectivity index (χ2n) is 3.33. The minimum absolute atomic E-state index is 0.306. The van der Waals surface area contributed by atoms with E-state index in [4.69, 9.17) is 4.74 Å². The molecule has 0 fully saturated rings. The zero-order valence-corrected chi connectivity index (χ0v) is 13.5. The monoisotopic (exact) mass is 410 g/mol. The third-order valence-corrected chi connectivity index (χ3v) is 4.30. The summed E-state index contributed by atoms with van der Waals surface area (Å²) in [7, 11) is 0. The summed E-state index contributed by atoms with van der Waals surface area (Å²) < 4.78 is 5.69. The Hall–Kier alpha value is 0.360. The summed E-state index contributed by atoms with van der Waals surface area (Å²) in [5, 5.41) is 1.50. The van der Waals surface area contributed by atoms with Gasteiger partial charge in [0.15, 0.2) is 0 Å². The smallest absolute Gasteiger partial charge is 0.107 e. The summed E-state index contributed by atoms with van der Waals surface area (Å²) >= 11 is 10.3. The van der Waals surface area contributed by atoms with Crippen molar-refractivity contribution in [3.05, 3.63) is 42.0 Å². The van der Waals surface area contributed by atoms with Crippen LogP contribution < -0.4 is 0 Å². The Morgan fingerprint density at radius 3 is 2.19 bits per heavy atom. The number of hydrogen-bond donors (Lipinski definition) is 0. The Kier molecular flexibility index (Phi) is 6.89. The zero-order valence-electron chi connectivity index (χ0n) is 8.70. The molecule has 0 heterocycles. The lowest BCUT2D eigenvalue weighted by Gasteiger charge is -2.25. The number of hydrogen-bond acceptors (Lipinski definition) is 1. The quantitative estimate of drug-likeness (QED) is 0.620. The first-order valence-electron chi connectivity index (χ1n) is 4.82. The highest BCUT2D eigenvalue weighted by molar-refractivity contribution is 9.10. The lowest BCUT2D eigenvalue weighted by molar-refractivity contribution is 0.0671. The molecule has 0 spiro atoms. The molecule has 1 aromatic carbocycles. The molecular formula is C12H13Br3O. The minimum atomic E-state index is -0.306. The van der Waals surface area contributed by atoms with Gasteiger partial charge >= 0.3 is 0 Å². The van der Waals surface area contributed by atoms with Crippen LogP contribution in [0.4, 0.5) is 0 Å². The third-order valence-electron chi connectivity index (χ3n) is 2.17. The van der Waals surface area contributed by atoms with E-state index in [1.54, 1.807) is 0 Å². The van der Waals surface area contributed by atoms with Gasteiger partial charge in [0.2, 0.25) is 0 Å². The van der Waals surface area contributed by atoms with Crippen molar-refractivity contribution in [1.82, 2.24) is 0 Å². The van der Waals surface area contributed by atoms with Crippen LogP contribution in [0.3, 0.4) is 0 Å². The number of alkyl halides is 3. The summed E-state index contributed by atoms with van der Waals surface area (Å²) in [4.78, 5) is 0. The average molecular weight is 413 g/mol. The summed E-state index contributed by atoms with van der Waals surface area (Å²) in [6, 6.07) is 10.2. The Morgan fingerprint density at radius 2 is 1.69 bits per heavy atom. The number of benzene rings is 1. The van der Waals surface area contributed by atoms with E-state index in [0.29, 0.717) is 5.52 Å². The molecule has 88 valence electrons. The second kappa shape index (κ2) is 7.64. The maximum absolute atomic E-state index is 5.69. The fraction of sp³-hybridized carbons (Fsp3) is 0.333. The summed E-state index contributed by atoms with van der Waals surface area (Å²) in [5.41, 5.74) is 1.38. The molecule has 0 saturated carbocycles. The summed E-state index contributed by atoms with van der Waals surface area (Å²) in [5.74, 6) is 0. The fourth-order valence-corrected chi connectivity index (χ4v) is 3.25. The van der Waals surface area contributed by atoms with Crippen molar-refractivity contribution < 1.29 is 4.74 Å². The van der Waals surface area contributed by atoms with Crippen LogP contribution >= 0.6 is 47.8 Å². The van der Waals surface area contributed by atoms with E-state index in [0.717, 1.165) is 10.7 Å². The van der Waals surface area contributed by atoms with E-state index in [2.05, 4.69) is 72.1 Å². The number of ether oxygens (including phenoxy) is 1. The standard InChI is InChI=1S/C12H13Br3O/c13-8-12(9-14,16-10-15)7-6-11-4-2-1-3-5-11/h1-7H,8-10H2. The average Bonchev–Trinajstić information content (AvgIpc) is 2.36. The first-order valence-corrected chi connectivity index (χ1v) is 8.19. The van der Waals surface area contributed by atoms with Crippen molar-refractivity contribution in [3.8, 4) is 0 Å². The highest BCUT2D eigenvalue weighted by Gasteiger charge is 2.24. The van der Waals surface area contributed by atoms with Gasteiger partial charge in [-0.2, -0.15) is 0 Å². The topological polar surface area (TPSA) is 9.23 Å². The van der Waals surface area contributed by atoms with Crippen LogP contribution in [-0.2, 0) is 4.74 Å². The van der Waals surface area contributed by atoms with Gasteiger partial charge in [-0.3, -0.25) is 0 Å². The normalized spacial score (nSPS) is 12.2. The van der Waals surface area contributed by atoms with E-state index in [9.17, 15) is 0 Å².